The highest BCUT2D eigenvalue weighted by Gasteiger charge is 2.48. The molecule has 2 aromatic rings. The van der Waals surface area contributed by atoms with Crippen LogP contribution < -0.4 is 37.6 Å². The zero-order valence-corrected chi connectivity index (χ0v) is 64.8. The molecule has 0 saturated carbocycles. The van der Waals surface area contributed by atoms with E-state index in [0.29, 0.717) is 11.1 Å². The van der Waals surface area contributed by atoms with E-state index >= 15 is 4.79 Å². The highest BCUT2D eigenvalue weighted by atomic mass is 31.1. The van der Waals surface area contributed by atoms with Gasteiger partial charge in [0.15, 0.2) is 24.0 Å². The second kappa shape index (κ2) is 42.4. The molecule has 0 aromatic heterocycles. The number of nitrogens with one attached hydrogen (secondary N) is 6. The van der Waals surface area contributed by atoms with Gasteiger partial charge in [-0.1, -0.05) is 90.6 Å². The number of primary amides is 1. The van der Waals surface area contributed by atoms with Gasteiger partial charge in [-0.15, -0.1) is 9.05 Å². The Morgan fingerprint density at radius 3 is 1.92 bits per heavy atom. The zero-order chi connectivity index (χ0) is 81.3. The summed E-state index contributed by atoms with van der Waals surface area (Å²) in [7, 11) is 1.56. The average molecular weight is 1530 g/mol. The molecular formula is C73H103N11O23P+. The summed E-state index contributed by atoms with van der Waals surface area (Å²) in [5.74, 6) is -17.7. The van der Waals surface area contributed by atoms with Gasteiger partial charge in [0.05, 0.1) is 18.1 Å². The van der Waals surface area contributed by atoms with E-state index in [4.69, 9.17) is 33.7 Å². The molecule has 34 nitrogen and oxygen atoms in total. The fourth-order valence-electron chi connectivity index (χ4n) is 11.6. The molecule has 2 aromatic carbocycles. The number of hydrogen-bond donors (Lipinski definition) is 7. The molecule has 0 bridgehead atoms. The molecule has 2 aliphatic heterocycles. The van der Waals surface area contributed by atoms with Crippen molar-refractivity contribution in [1.82, 2.24) is 46.2 Å². The average Bonchev–Trinajstić information content (AvgIpc) is 1.32. The van der Waals surface area contributed by atoms with Gasteiger partial charge < -0.3 is 76.1 Å². The maximum atomic E-state index is 15.5. The Labute approximate surface area is 628 Å². The monoisotopic (exact) mass is 1530 g/mol. The summed E-state index contributed by atoms with van der Waals surface area (Å²) < 4.78 is 49.0. The van der Waals surface area contributed by atoms with Gasteiger partial charge in [0.1, 0.15) is 54.5 Å². The van der Waals surface area contributed by atoms with Crippen LogP contribution in [0.4, 0.5) is 10.5 Å². The van der Waals surface area contributed by atoms with Crippen molar-refractivity contribution in [2.24, 2.45) is 35.3 Å². The predicted octanol–water partition coefficient (Wildman–Crippen LogP) is 2.76. The van der Waals surface area contributed by atoms with Gasteiger partial charge in [-0.2, -0.15) is 0 Å². The molecule has 4 rings (SSSR count). The van der Waals surface area contributed by atoms with E-state index in [0.717, 1.165) is 45.7 Å². The number of nitrogens with zero attached hydrogens (tertiary/aromatic N) is 4. The van der Waals surface area contributed by atoms with E-state index in [2.05, 4.69) is 38.5 Å². The van der Waals surface area contributed by atoms with Crippen LogP contribution in [-0.4, -0.2) is 222 Å². The second-order valence-electron chi connectivity index (χ2n) is 27.6. The minimum absolute atomic E-state index is 0.0757. The Balaban J connectivity index is 1.66. The van der Waals surface area contributed by atoms with Crippen LogP contribution >= 0.6 is 8.25 Å². The third kappa shape index (κ3) is 26.6. The first-order chi connectivity index (χ1) is 50.6. The molecule has 108 heavy (non-hydrogen) atoms. The van der Waals surface area contributed by atoms with E-state index in [1.165, 1.54) is 93.9 Å². The number of Topliss-reactive ketones (excluding diaryl/α,β-unsaturated/α-hetero) is 2. The highest BCUT2D eigenvalue weighted by molar-refractivity contribution is 7.33. The summed E-state index contributed by atoms with van der Waals surface area (Å²) in [5.41, 5.74) is 5.86. The van der Waals surface area contributed by atoms with Gasteiger partial charge in [-0.25, -0.2) is 14.4 Å². The Bertz CT molecular complexity index is 3670. The lowest BCUT2D eigenvalue weighted by molar-refractivity contribution is -0.174. The minimum Gasteiger partial charge on any atom is -0.459 e. The Kier molecular flexibility index (Phi) is 35.4. The first-order valence-corrected chi connectivity index (χ1v) is 36.3. The topological polar surface area (TPSA) is 457 Å². The quantitative estimate of drug-likeness (QED) is 0.0138. The minimum atomic E-state index is -3.15. The molecule has 1 saturated heterocycles. The number of methoxy groups -OCH3 is 1. The molecule has 35 heteroatoms. The lowest BCUT2D eigenvalue weighted by atomic mass is 9.89. The number of likely N-dealkylation sites (N-methyl/N-ethyl adjacent to an activating group) is 3. The highest BCUT2D eigenvalue weighted by Crippen LogP contribution is 2.36. The number of nitrogens with two attached hydrogens (primary N) is 1. The first kappa shape index (κ1) is 90.2. The Morgan fingerprint density at radius 2 is 1.36 bits per heavy atom. The lowest BCUT2D eigenvalue weighted by Crippen LogP contribution is -2.63. The van der Waals surface area contributed by atoms with Crippen molar-refractivity contribution in [3.05, 3.63) is 90.2 Å². The fraction of sp³-hybridized carbons (Fsp3) is 0.562. The molecule has 0 spiro atoms. The normalized spacial score (nSPS) is 21.5. The van der Waals surface area contributed by atoms with E-state index in [-0.39, 0.29) is 57.5 Å². The van der Waals surface area contributed by atoms with E-state index in [9.17, 15) is 76.5 Å². The van der Waals surface area contributed by atoms with E-state index in [1.54, 1.807) is 58.0 Å². The van der Waals surface area contributed by atoms with Crippen molar-refractivity contribution < 1.29 is 109 Å². The number of carbonyl (C=O) groups excluding carboxylic acids is 16. The number of ether oxygens (including phenoxy) is 4. The van der Waals surface area contributed by atoms with Crippen molar-refractivity contribution in [3.63, 3.8) is 0 Å². The van der Waals surface area contributed by atoms with Gasteiger partial charge in [0.25, 0.3) is 23.6 Å². The number of rotatable bonds is 32. The summed E-state index contributed by atoms with van der Waals surface area (Å²) in [4.78, 5) is 222. The largest absolute Gasteiger partial charge is 0.698 e. The molecular weight excluding hydrogens is 1430 g/mol. The SMILES string of the molecule is C=C1C(=O)N[C@@H](C)C(=O)N(C)[C@@H](C)C(=O)N[C@@H]([C@H](OC(=O)[C@@H](CC(C)=O)[C@H](O[P+](=O)OCc2ccc(NC(=O)[C@H](CCCNC(N)=O)CC(=O)[C@@H](NC(=O)CCN3C(=O)C=CC3=O)C(C)C)cc2)C(C)C)C(C)C)C(=O)N(C)[C@@H]([C@@H](C)OC)C(=O)O[C@H](C)[C@H](NC(C)=O)C(=O)O[C@H](Cc2ccccc2)C(=O)N1C. The van der Waals surface area contributed by atoms with Gasteiger partial charge >= 0.3 is 32.2 Å². The fourth-order valence-corrected chi connectivity index (χ4v) is 12.5. The third-order valence-electron chi connectivity index (χ3n) is 18.1. The van der Waals surface area contributed by atoms with Crippen LogP contribution in [-0.2, 0) is 118 Å². The number of ketones is 2. The number of anilines is 1. The van der Waals surface area contributed by atoms with Crippen molar-refractivity contribution in [2.45, 2.75) is 195 Å². The summed E-state index contributed by atoms with van der Waals surface area (Å²) in [6, 6.07) is 3.86. The summed E-state index contributed by atoms with van der Waals surface area (Å²) in [5, 5.41) is 15.3. The van der Waals surface area contributed by atoms with Gasteiger partial charge in [-0.05, 0) is 88.5 Å². The van der Waals surface area contributed by atoms with E-state index in [1.807, 2.05) is 0 Å². The van der Waals surface area contributed by atoms with Crippen LogP contribution in [0.3, 0.4) is 0 Å². The summed E-state index contributed by atoms with van der Waals surface area (Å²) in [6.07, 6.45) is -6.82. The molecule has 8 N–H and O–H groups in total. The Hall–Kier alpha value is -10.2. The van der Waals surface area contributed by atoms with Gasteiger partial charge in [0, 0.05) is 102 Å². The number of hydrogen-bond acceptors (Lipinski definition) is 23. The predicted molar refractivity (Wildman–Crippen MR) is 388 cm³/mol. The van der Waals surface area contributed by atoms with Crippen molar-refractivity contribution in [2.75, 3.05) is 46.7 Å². The maximum Gasteiger partial charge on any atom is 0.698 e. The molecule has 2 aliphatic rings. The standard InChI is InChI=1S/C73H102N11O23P/c1-38(2)58(79-55(88)31-33-84-56(89)29-30-57(84)90)53(87)36-50(24-21-32-75-73(74)100)66(93)78-51-27-25-49(26-28-51)37-103-108(101)107-62(39(3)4)52(34-41(7)85)70(97)106-63(40(5)6)60-69(96)83(16)61(46(12)102-17)72(99)104-45(11)59(77-47(13)86)71(98)105-54(35-48-22-19-18-20-23-48)68(95)82(15)43(9)64(91)76-42(8)67(94)81(14)44(10)65(92)80-60/h18-20,22-23,25-30,38-40,42,44-46,50,52,54,58-63H,9,21,24,31-37H2,1-8,10-17H3,(H7-,74,75,76,77,78,79,80,86,88,91,92,93,100)/p+1/t42-,44-,45+,46+,50+,52-,54+,58-,59-,60-,61-,62+,63+/m0/s1. The van der Waals surface area contributed by atoms with Crippen LogP contribution in [0.5, 0.6) is 0 Å². The summed E-state index contributed by atoms with van der Waals surface area (Å²) >= 11 is 0. The number of cyclic esters (lactones) is 2. The van der Waals surface area contributed by atoms with Crippen LogP contribution in [0.1, 0.15) is 126 Å². The number of amides is 12. The molecule has 1 unspecified atom stereocenters. The molecule has 0 radical (unpaired) electrons. The van der Waals surface area contributed by atoms with Crippen molar-refractivity contribution in [3.8, 4) is 0 Å². The molecule has 0 aliphatic carbocycles. The lowest BCUT2D eigenvalue weighted by Gasteiger charge is -2.38. The van der Waals surface area contributed by atoms with Crippen LogP contribution in [0.2, 0.25) is 0 Å². The second-order valence-corrected chi connectivity index (χ2v) is 28.5. The van der Waals surface area contributed by atoms with Crippen LogP contribution in [0, 0.1) is 29.6 Å². The first-order valence-electron chi connectivity index (χ1n) is 35.2. The molecule has 1 fully saturated rings. The molecule has 2 heterocycles. The maximum absolute atomic E-state index is 15.5. The molecule has 14 atom stereocenters. The molecule has 12 amide bonds. The number of imide groups is 1. The zero-order valence-electron chi connectivity index (χ0n) is 63.9. The van der Waals surface area contributed by atoms with E-state index < -0.39 is 211 Å². The molecule has 592 valence electrons. The third-order valence-corrected chi connectivity index (χ3v) is 18.9. The van der Waals surface area contributed by atoms with Crippen LogP contribution in [0.15, 0.2) is 79.0 Å². The number of esters is 3. The van der Waals surface area contributed by atoms with Crippen molar-refractivity contribution in [1.29, 1.82) is 0 Å². The Morgan fingerprint density at radius 1 is 0.741 bits per heavy atom. The number of benzene rings is 2. The van der Waals surface area contributed by atoms with Gasteiger partial charge in [0.2, 0.25) is 35.4 Å². The summed E-state index contributed by atoms with van der Waals surface area (Å²) in [6.45, 7) is 20.2. The van der Waals surface area contributed by atoms with Crippen LogP contribution in [0.25, 0.3) is 0 Å². The smallest absolute Gasteiger partial charge is 0.459 e. The van der Waals surface area contributed by atoms with Crippen molar-refractivity contribution >= 4 is 109 Å². The number of urea groups is 1. The van der Waals surface area contributed by atoms with Gasteiger partial charge in [-0.3, -0.25) is 62.4 Å². The number of carbonyl (C=O) groups is 16.